The molecule has 0 aliphatic heterocycles. The van der Waals surface area contributed by atoms with Crippen LogP contribution in [0.4, 0.5) is 0 Å². The Labute approximate surface area is 87.3 Å². The fourth-order valence-corrected chi connectivity index (χ4v) is 2.67. The van der Waals surface area contributed by atoms with Crippen LogP contribution in [0.15, 0.2) is 24.3 Å². The molecule has 0 saturated heterocycles. The van der Waals surface area contributed by atoms with Crippen LogP contribution in [0.1, 0.15) is 57.1 Å². The van der Waals surface area contributed by atoms with E-state index in [2.05, 4.69) is 45.0 Å². The predicted molar refractivity (Wildman–Crippen MR) is 61.7 cm³/mol. The second-order valence-electron chi connectivity index (χ2n) is 4.94. The van der Waals surface area contributed by atoms with Gasteiger partial charge in [0.15, 0.2) is 0 Å². The second-order valence-corrected chi connectivity index (χ2v) is 4.94. The second kappa shape index (κ2) is 3.42. The van der Waals surface area contributed by atoms with Crippen LogP contribution >= 0.6 is 0 Å². The third-order valence-corrected chi connectivity index (χ3v) is 4.05. The highest BCUT2D eigenvalue weighted by Gasteiger charge is 2.32. The first-order valence-electron chi connectivity index (χ1n) is 5.77. The Morgan fingerprint density at radius 2 is 2.07 bits per heavy atom. The Morgan fingerprint density at radius 3 is 2.79 bits per heavy atom. The monoisotopic (exact) mass is 188 g/mol. The highest BCUT2D eigenvalue weighted by atomic mass is 14.4. The summed E-state index contributed by atoms with van der Waals surface area (Å²) in [7, 11) is 0. The van der Waals surface area contributed by atoms with Crippen molar-refractivity contribution in [2.75, 3.05) is 0 Å². The van der Waals surface area contributed by atoms with Crippen LogP contribution in [-0.4, -0.2) is 0 Å². The first kappa shape index (κ1) is 9.76. The van der Waals surface area contributed by atoms with Crippen molar-refractivity contribution in [2.24, 2.45) is 0 Å². The molecule has 0 fully saturated rings. The maximum Gasteiger partial charge on any atom is -0.00748 e. The van der Waals surface area contributed by atoms with Gasteiger partial charge in [-0.15, -0.1) is 0 Å². The lowest BCUT2D eigenvalue weighted by Crippen LogP contribution is -2.27. The molecule has 1 aliphatic rings. The van der Waals surface area contributed by atoms with Crippen LogP contribution in [0.2, 0.25) is 0 Å². The Bertz CT molecular complexity index is 327. The Morgan fingerprint density at radius 1 is 1.36 bits per heavy atom. The van der Waals surface area contributed by atoms with Gasteiger partial charge in [-0.2, -0.15) is 0 Å². The molecular weight excluding hydrogens is 168 g/mol. The summed E-state index contributed by atoms with van der Waals surface area (Å²) in [6, 6.07) is 9.00. The van der Waals surface area contributed by atoms with Gasteiger partial charge in [-0.25, -0.2) is 0 Å². The molecule has 0 radical (unpaired) electrons. The van der Waals surface area contributed by atoms with Gasteiger partial charge < -0.3 is 0 Å². The molecule has 0 saturated carbocycles. The molecule has 1 aromatic carbocycles. The van der Waals surface area contributed by atoms with Gasteiger partial charge in [0.1, 0.15) is 0 Å². The topological polar surface area (TPSA) is 0 Å². The zero-order chi connectivity index (χ0) is 10.2. The van der Waals surface area contributed by atoms with Crippen molar-refractivity contribution in [2.45, 2.75) is 51.4 Å². The number of hydrogen-bond acceptors (Lipinski definition) is 0. The molecule has 14 heavy (non-hydrogen) atoms. The van der Waals surface area contributed by atoms with Crippen molar-refractivity contribution in [3.05, 3.63) is 35.4 Å². The van der Waals surface area contributed by atoms with Crippen molar-refractivity contribution in [1.29, 1.82) is 0 Å². The third kappa shape index (κ3) is 1.37. The SMILES string of the molecule is CC[C@@]1(C)CC[C@H](C)c2ccccc21. The molecule has 0 bridgehead atoms. The number of fused-ring (bicyclic) bond motifs is 1. The fourth-order valence-electron chi connectivity index (χ4n) is 2.67. The summed E-state index contributed by atoms with van der Waals surface area (Å²) in [6.45, 7) is 7.08. The van der Waals surface area contributed by atoms with Crippen LogP contribution < -0.4 is 0 Å². The van der Waals surface area contributed by atoms with Gasteiger partial charge in [0, 0.05) is 0 Å². The van der Waals surface area contributed by atoms with Crippen LogP contribution in [0.25, 0.3) is 0 Å². The Balaban J connectivity index is 2.52. The van der Waals surface area contributed by atoms with Crippen molar-refractivity contribution in [3.8, 4) is 0 Å². The molecule has 1 aromatic rings. The zero-order valence-electron chi connectivity index (χ0n) is 9.51. The Kier molecular flexibility index (Phi) is 2.38. The molecular formula is C14H20. The summed E-state index contributed by atoms with van der Waals surface area (Å²) >= 11 is 0. The van der Waals surface area contributed by atoms with Gasteiger partial charge in [0.05, 0.1) is 0 Å². The quantitative estimate of drug-likeness (QED) is 0.618. The van der Waals surface area contributed by atoms with Gasteiger partial charge in [0.2, 0.25) is 0 Å². The molecule has 76 valence electrons. The summed E-state index contributed by atoms with van der Waals surface area (Å²) < 4.78 is 0. The summed E-state index contributed by atoms with van der Waals surface area (Å²) in [5.74, 6) is 0.755. The number of rotatable bonds is 1. The molecule has 0 N–H and O–H groups in total. The molecule has 1 aliphatic carbocycles. The molecule has 0 aromatic heterocycles. The summed E-state index contributed by atoms with van der Waals surface area (Å²) in [5, 5.41) is 0. The first-order chi connectivity index (χ1) is 6.67. The van der Waals surface area contributed by atoms with Crippen molar-refractivity contribution < 1.29 is 0 Å². The minimum absolute atomic E-state index is 0.434. The minimum atomic E-state index is 0.434. The van der Waals surface area contributed by atoms with Crippen molar-refractivity contribution in [1.82, 2.24) is 0 Å². The molecule has 2 rings (SSSR count). The smallest absolute Gasteiger partial charge is 0.00748 e. The van der Waals surface area contributed by atoms with Gasteiger partial charge in [-0.3, -0.25) is 0 Å². The first-order valence-corrected chi connectivity index (χ1v) is 5.77. The lowest BCUT2D eigenvalue weighted by Gasteiger charge is -2.38. The molecule has 0 spiro atoms. The highest BCUT2D eigenvalue weighted by molar-refractivity contribution is 5.38. The number of hydrogen-bond donors (Lipinski definition) is 0. The van der Waals surface area contributed by atoms with Crippen LogP contribution in [0.5, 0.6) is 0 Å². The van der Waals surface area contributed by atoms with Gasteiger partial charge >= 0.3 is 0 Å². The maximum absolute atomic E-state index is 2.41. The van der Waals surface area contributed by atoms with E-state index in [1.807, 2.05) is 0 Å². The zero-order valence-corrected chi connectivity index (χ0v) is 9.51. The predicted octanol–water partition coefficient (Wildman–Crippen LogP) is 4.25. The normalized spacial score (nSPS) is 31.2. The molecule has 0 heteroatoms. The lowest BCUT2D eigenvalue weighted by molar-refractivity contribution is 0.359. The van der Waals surface area contributed by atoms with Gasteiger partial charge in [0.25, 0.3) is 0 Å². The maximum atomic E-state index is 2.41. The third-order valence-electron chi connectivity index (χ3n) is 4.05. The van der Waals surface area contributed by atoms with E-state index in [9.17, 15) is 0 Å². The lowest BCUT2D eigenvalue weighted by atomic mass is 9.67. The van der Waals surface area contributed by atoms with E-state index in [1.165, 1.54) is 19.3 Å². The molecule has 0 amide bonds. The van der Waals surface area contributed by atoms with Crippen molar-refractivity contribution >= 4 is 0 Å². The molecule has 0 heterocycles. The van der Waals surface area contributed by atoms with E-state index in [0.29, 0.717) is 5.41 Å². The fraction of sp³-hybridized carbons (Fsp3) is 0.571. The van der Waals surface area contributed by atoms with E-state index < -0.39 is 0 Å². The van der Waals surface area contributed by atoms with E-state index >= 15 is 0 Å². The highest BCUT2D eigenvalue weighted by Crippen LogP contribution is 2.44. The average molecular weight is 188 g/mol. The minimum Gasteiger partial charge on any atom is -0.0645 e. The van der Waals surface area contributed by atoms with E-state index in [1.54, 1.807) is 11.1 Å². The van der Waals surface area contributed by atoms with Crippen molar-refractivity contribution in [3.63, 3.8) is 0 Å². The molecule has 2 atom stereocenters. The number of benzene rings is 1. The average Bonchev–Trinajstić information content (AvgIpc) is 2.24. The summed E-state index contributed by atoms with van der Waals surface area (Å²) in [6.07, 6.45) is 3.96. The van der Waals surface area contributed by atoms with E-state index in [-0.39, 0.29) is 0 Å². The molecule has 0 unspecified atom stereocenters. The van der Waals surface area contributed by atoms with Gasteiger partial charge in [-0.05, 0) is 41.7 Å². The van der Waals surface area contributed by atoms with Crippen LogP contribution in [0.3, 0.4) is 0 Å². The standard InChI is InChI=1S/C14H20/c1-4-14(3)10-9-11(2)12-7-5-6-8-13(12)14/h5-8,11H,4,9-10H2,1-3H3/t11-,14-/m0/s1. The van der Waals surface area contributed by atoms with E-state index in [0.717, 1.165) is 5.92 Å². The summed E-state index contributed by atoms with van der Waals surface area (Å²) in [4.78, 5) is 0. The largest absolute Gasteiger partial charge is 0.0645 e. The van der Waals surface area contributed by atoms with E-state index in [4.69, 9.17) is 0 Å². The van der Waals surface area contributed by atoms with Gasteiger partial charge in [-0.1, -0.05) is 45.0 Å². The van der Waals surface area contributed by atoms with Crippen LogP contribution in [0, 0.1) is 0 Å². The molecule has 0 nitrogen and oxygen atoms in total. The van der Waals surface area contributed by atoms with Crippen LogP contribution in [-0.2, 0) is 5.41 Å². The summed E-state index contributed by atoms with van der Waals surface area (Å²) in [5.41, 5.74) is 3.62. The Hall–Kier alpha value is -0.780.